The van der Waals surface area contributed by atoms with Gasteiger partial charge in [-0.2, -0.15) is 0 Å². The second kappa shape index (κ2) is 6.34. The maximum Gasteiger partial charge on any atom is 0.229 e. The minimum Gasteiger partial charge on any atom is -0.327 e. The van der Waals surface area contributed by atoms with Gasteiger partial charge in [0.25, 0.3) is 0 Å². The SMILES string of the molecule is CC(=O)N(Br)CC(C)NCC(C)N. The van der Waals surface area contributed by atoms with Crippen LogP contribution in [0.4, 0.5) is 0 Å². The van der Waals surface area contributed by atoms with E-state index in [0.29, 0.717) is 6.54 Å². The van der Waals surface area contributed by atoms with Crippen molar-refractivity contribution in [3.63, 3.8) is 0 Å². The molecule has 0 aromatic carbocycles. The zero-order chi connectivity index (χ0) is 10.4. The minimum absolute atomic E-state index is 0.00875. The average molecular weight is 252 g/mol. The number of hydrogen-bond donors (Lipinski definition) is 2. The average Bonchev–Trinajstić information content (AvgIpc) is 2.00. The van der Waals surface area contributed by atoms with Crippen molar-refractivity contribution < 1.29 is 4.79 Å². The molecule has 0 radical (unpaired) electrons. The summed E-state index contributed by atoms with van der Waals surface area (Å²) < 4.78 is 1.51. The number of nitrogens with one attached hydrogen (secondary N) is 1. The van der Waals surface area contributed by atoms with Crippen LogP contribution in [0, 0.1) is 0 Å². The second-order valence-corrected chi connectivity index (χ2v) is 4.21. The van der Waals surface area contributed by atoms with Crippen LogP contribution in [0.2, 0.25) is 0 Å². The molecular formula is C8H18BrN3O. The van der Waals surface area contributed by atoms with Gasteiger partial charge in [-0.05, 0) is 13.8 Å². The monoisotopic (exact) mass is 251 g/mol. The van der Waals surface area contributed by atoms with Gasteiger partial charge >= 0.3 is 0 Å². The Hall–Kier alpha value is -0.130. The molecule has 0 aromatic heterocycles. The van der Waals surface area contributed by atoms with E-state index in [4.69, 9.17) is 5.73 Å². The highest BCUT2D eigenvalue weighted by Gasteiger charge is 2.09. The summed E-state index contributed by atoms with van der Waals surface area (Å²) in [5, 5.41) is 3.22. The Kier molecular flexibility index (Phi) is 6.28. The van der Waals surface area contributed by atoms with Crippen LogP contribution in [-0.4, -0.2) is 35.0 Å². The number of rotatable bonds is 5. The first-order valence-corrected chi connectivity index (χ1v) is 5.07. The summed E-state index contributed by atoms with van der Waals surface area (Å²) in [6.07, 6.45) is 0. The predicted octanol–water partition coefficient (Wildman–Crippen LogP) is 0.470. The fraction of sp³-hybridized carbons (Fsp3) is 0.875. The Morgan fingerprint density at radius 2 is 2.15 bits per heavy atom. The first-order chi connectivity index (χ1) is 5.93. The molecule has 5 heteroatoms. The van der Waals surface area contributed by atoms with Gasteiger partial charge in [-0.25, -0.2) is 0 Å². The van der Waals surface area contributed by atoms with Crippen molar-refractivity contribution >= 4 is 22.1 Å². The van der Waals surface area contributed by atoms with Crippen LogP contribution in [-0.2, 0) is 4.79 Å². The van der Waals surface area contributed by atoms with Crippen molar-refractivity contribution in [3.05, 3.63) is 0 Å². The molecule has 0 saturated heterocycles. The van der Waals surface area contributed by atoms with Crippen LogP contribution in [0.5, 0.6) is 0 Å². The number of halogens is 1. The van der Waals surface area contributed by atoms with Gasteiger partial charge in [0.05, 0.1) is 16.1 Å². The lowest BCUT2D eigenvalue weighted by Crippen LogP contribution is -2.41. The molecule has 0 fully saturated rings. The third-order valence-electron chi connectivity index (χ3n) is 1.56. The van der Waals surface area contributed by atoms with Crippen molar-refractivity contribution in [2.45, 2.75) is 32.9 Å². The van der Waals surface area contributed by atoms with Crippen molar-refractivity contribution in [3.8, 4) is 0 Å². The van der Waals surface area contributed by atoms with Crippen LogP contribution < -0.4 is 11.1 Å². The Morgan fingerprint density at radius 3 is 2.54 bits per heavy atom. The minimum atomic E-state index is 0.00875. The molecule has 0 aliphatic heterocycles. The van der Waals surface area contributed by atoms with Gasteiger partial charge in [-0.3, -0.25) is 8.72 Å². The standard InChI is InChI=1S/C8H18BrN3O/c1-6(10)4-11-7(2)5-12(9)8(3)13/h6-7,11H,4-5,10H2,1-3H3. The molecule has 13 heavy (non-hydrogen) atoms. The van der Waals surface area contributed by atoms with Crippen LogP contribution in [0.25, 0.3) is 0 Å². The highest BCUT2D eigenvalue weighted by molar-refractivity contribution is 9.07. The number of carbonyl (C=O) groups is 1. The van der Waals surface area contributed by atoms with Gasteiger partial charge in [-0.1, -0.05) is 0 Å². The summed E-state index contributed by atoms with van der Waals surface area (Å²) in [6, 6.07) is 0.387. The number of nitrogens with two attached hydrogens (primary N) is 1. The molecule has 0 bridgehead atoms. The maximum atomic E-state index is 10.8. The molecule has 0 aromatic rings. The summed E-state index contributed by atoms with van der Waals surface area (Å²) in [5.74, 6) is 0.00875. The summed E-state index contributed by atoms with van der Waals surface area (Å²) in [5.41, 5.74) is 5.58. The molecule has 0 aliphatic carbocycles. The lowest BCUT2D eigenvalue weighted by atomic mass is 10.3. The van der Waals surface area contributed by atoms with E-state index in [0.717, 1.165) is 6.54 Å². The molecule has 78 valence electrons. The van der Waals surface area contributed by atoms with E-state index in [9.17, 15) is 4.79 Å². The van der Waals surface area contributed by atoms with Gasteiger partial charge in [0.1, 0.15) is 0 Å². The summed E-state index contributed by atoms with van der Waals surface area (Å²) in [7, 11) is 0. The molecule has 0 rings (SSSR count). The Balaban J connectivity index is 3.61. The molecular weight excluding hydrogens is 234 g/mol. The Labute approximate surface area is 88.2 Å². The maximum absolute atomic E-state index is 10.8. The van der Waals surface area contributed by atoms with Gasteiger partial charge < -0.3 is 11.1 Å². The normalized spacial score (nSPS) is 15.2. The first-order valence-electron chi connectivity index (χ1n) is 4.36. The lowest BCUT2D eigenvalue weighted by Gasteiger charge is -2.20. The zero-order valence-corrected chi connectivity index (χ0v) is 9.97. The molecule has 1 amide bonds. The number of nitrogens with zero attached hydrogens (tertiary/aromatic N) is 1. The fourth-order valence-electron chi connectivity index (χ4n) is 0.821. The zero-order valence-electron chi connectivity index (χ0n) is 8.38. The molecule has 2 unspecified atom stereocenters. The predicted molar refractivity (Wildman–Crippen MR) is 57.4 cm³/mol. The Bertz CT molecular complexity index is 163. The molecule has 0 heterocycles. The Morgan fingerprint density at radius 1 is 1.62 bits per heavy atom. The van der Waals surface area contributed by atoms with Gasteiger partial charge in [0, 0.05) is 32.1 Å². The third kappa shape index (κ3) is 6.98. The molecule has 2 atom stereocenters. The molecule has 3 N–H and O–H groups in total. The fourth-order valence-corrected chi connectivity index (χ4v) is 1.25. The van der Waals surface area contributed by atoms with Crippen molar-refractivity contribution in [1.82, 2.24) is 9.24 Å². The molecule has 0 saturated carbocycles. The highest BCUT2D eigenvalue weighted by atomic mass is 79.9. The largest absolute Gasteiger partial charge is 0.327 e. The van der Waals surface area contributed by atoms with E-state index in [1.54, 1.807) is 0 Å². The van der Waals surface area contributed by atoms with Crippen LogP contribution in [0.15, 0.2) is 0 Å². The number of amides is 1. The molecule has 0 spiro atoms. The first kappa shape index (κ1) is 12.9. The summed E-state index contributed by atoms with van der Waals surface area (Å²) in [6.45, 7) is 6.88. The van der Waals surface area contributed by atoms with Crippen LogP contribution in [0.3, 0.4) is 0 Å². The van der Waals surface area contributed by atoms with E-state index in [1.165, 1.54) is 10.8 Å². The quantitative estimate of drug-likeness (QED) is 0.699. The van der Waals surface area contributed by atoms with Crippen molar-refractivity contribution in [2.75, 3.05) is 13.1 Å². The van der Waals surface area contributed by atoms with Gasteiger partial charge in [0.15, 0.2) is 0 Å². The summed E-state index contributed by atoms with van der Waals surface area (Å²) in [4.78, 5) is 10.8. The topological polar surface area (TPSA) is 58.4 Å². The van der Waals surface area contributed by atoms with Gasteiger partial charge in [-0.15, -0.1) is 0 Å². The molecule has 0 aliphatic rings. The number of hydrogen-bond acceptors (Lipinski definition) is 3. The molecule has 4 nitrogen and oxygen atoms in total. The highest BCUT2D eigenvalue weighted by Crippen LogP contribution is 1.99. The van der Waals surface area contributed by atoms with E-state index >= 15 is 0 Å². The number of carbonyl (C=O) groups excluding carboxylic acids is 1. The lowest BCUT2D eigenvalue weighted by molar-refractivity contribution is -0.123. The van der Waals surface area contributed by atoms with E-state index < -0.39 is 0 Å². The van der Waals surface area contributed by atoms with E-state index in [2.05, 4.69) is 21.5 Å². The van der Waals surface area contributed by atoms with Crippen LogP contribution in [0.1, 0.15) is 20.8 Å². The summed E-state index contributed by atoms with van der Waals surface area (Å²) >= 11 is 3.16. The van der Waals surface area contributed by atoms with Crippen LogP contribution >= 0.6 is 16.1 Å². The smallest absolute Gasteiger partial charge is 0.229 e. The third-order valence-corrected chi connectivity index (χ3v) is 2.35. The van der Waals surface area contributed by atoms with Gasteiger partial charge in [0.2, 0.25) is 5.91 Å². The van der Waals surface area contributed by atoms with E-state index in [1.807, 2.05) is 13.8 Å². The van der Waals surface area contributed by atoms with Crippen molar-refractivity contribution in [2.24, 2.45) is 5.73 Å². The van der Waals surface area contributed by atoms with E-state index in [-0.39, 0.29) is 18.0 Å². The van der Waals surface area contributed by atoms with Crippen molar-refractivity contribution in [1.29, 1.82) is 0 Å². The second-order valence-electron chi connectivity index (χ2n) is 3.35.